The SMILES string of the molecule is COc1ccc(S(=O)(=O)CCc2noc(C(=O)NCc3ccc(OC(C)C)cc3)n2)cc1. The first-order chi connectivity index (χ1) is 15.3. The maximum absolute atomic E-state index is 12.5. The summed E-state index contributed by atoms with van der Waals surface area (Å²) >= 11 is 0. The van der Waals surface area contributed by atoms with E-state index < -0.39 is 15.7 Å². The molecule has 0 saturated heterocycles. The lowest BCUT2D eigenvalue weighted by Crippen LogP contribution is -2.23. The number of hydrogen-bond acceptors (Lipinski definition) is 8. The Labute approximate surface area is 186 Å². The molecule has 1 amide bonds. The second kappa shape index (κ2) is 10.3. The Balaban J connectivity index is 1.52. The molecule has 10 heteroatoms. The summed E-state index contributed by atoms with van der Waals surface area (Å²) in [6.07, 6.45) is 0.0982. The number of aromatic nitrogens is 2. The van der Waals surface area contributed by atoms with Crippen LogP contribution in [0.15, 0.2) is 57.9 Å². The molecule has 0 aliphatic rings. The van der Waals surface area contributed by atoms with Crippen LogP contribution in [0.25, 0.3) is 0 Å². The number of amides is 1. The topological polar surface area (TPSA) is 121 Å². The molecule has 1 aromatic heterocycles. The minimum absolute atomic E-state index is 0.0163. The average Bonchev–Trinajstić information content (AvgIpc) is 3.26. The number of nitrogens with zero attached hydrogens (tertiary/aromatic N) is 2. The van der Waals surface area contributed by atoms with Crippen LogP contribution in [0.4, 0.5) is 0 Å². The van der Waals surface area contributed by atoms with Gasteiger partial charge in [-0.15, -0.1) is 0 Å². The number of aryl methyl sites for hydroxylation is 1. The zero-order valence-corrected chi connectivity index (χ0v) is 18.9. The maximum Gasteiger partial charge on any atom is 0.315 e. The summed E-state index contributed by atoms with van der Waals surface area (Å²) in [5, 5.41) is 6.40. The van der Waals surface area contributed by atoms with Crippen molar-refractivity contribution in [2.24, 2.45) is 0 Å². The van der Waals surface area contributed by atoms with E-state index in [9.17, 15) is 13.2 Å². The molecule has 32 heavy (non-hydrogen) atoms. The molecule has 1 heterocycles. The third-order valence-electron chi connectivity index (χ3n) is 4.42. The van der Waals surface area contributed by atoms with Crippen molar-refractivity contribution in [3.8, 4) is 11.5 Å². The molecule has 0 aliphatic heterocycles. The summed E-state index contributed by atoms with van der Waals surface area (Å²) < 4.78 is 40.5. The van der Waals surface area contributed by atoms with E-state index in [0.29, 0.717) is 5.75 Å². The predicted octanol–water partition coefficient (Wildman–Crippen LogP) is 2.81. The fraction of sp³-hybridized carbons (Fsp3) is 0.318. The van der Waals surface area contributed by atoms with Gasteiger partial charge < -0.3 is 19.3 Å². The van der Waals surface area contributed by atoms with Gasteiger partial charge in [0.2, 0.25) is 0 Å². The van der Waals surface area contributed by atoms with E-state index in [1.54, 1.807) is 12.1 Å². The van der Waals surface area contributed by atoms with Gasteiger partial charge in [0.15, 0.2) is 15.7 Å². The van der Waals surface area contributed by atoms with E-state index in [1.165, 1.54) is 19.2 Å². The first kappa shape index (κ1) is 23.3. The second-order valence-corrected chi connectivity index (χ2v) is 9.36. The summed E-state index contributed by atoms with van der Waals surface area (Å²) in [7, 11) is -2.03. The fourth-order valence-corrected chi connectivity index (χ4v) is 4.03. The van der Waals surface area contributed by atoms with Crippen LogP contribution in [-0.4, -0.2) is 43.4 Å². The molecule has 9 nitrogen and oxygen atoms in total. The van der Waals surface area contributed by atoms with Gasteiger partial charge in [0, 0.05) is 13.0 Å². The summed E-state index contributed by atoms with van der Waals surface area (Å²) in [4.78, 5) is 16.4. The number of carbonyl (C=O) groups is 1. The highest BCUT2D eigenvalue weighted by molar-refractivity contribution is 7.91. The summed E-state index contributed by atoms with van der Waals surface area (Å²) in [6, 6.07) is 13.5. The average molecular weight is 460 g/mol. The molecule has 170 valence electrons. The lowest BCUT2D eigenvalue weighted by atomic mass is 10.2. The fourth-order valence-electron chi connectivity index (χ4n) is 2.79. The largest absolute Gasteiger partial charge is 0.497 e. The van der Waals surface area contributed by atoms with Crippen LogP contribution in [0.3, 0.4) is 0 Å². The molecule has 0 radical (unpaired) electrons. The van der Waals surface area contributed by atoms with Crippen LogP contribution in [-0.2, 0) is 22.8 Å². The first-order valence-electron chi connectivity index (χ1n) is 10.00. The van der Waals surface area contributed by atoms with E-state index in [2.05, 4.69) is 15.5 Å². The Kier molecular flexibility index (Phi) is 7.47. The monoisotopic (exact) mass is 459 g/mol. The molecule has 0 fully saturated rings. The van der Waals surface area contributed by atoms with Crippen LogP contribution >= 0.6 is 0 Å². The Morgan fingerprint density at radius 1 is 1.06 bits per heavy atom. The Morgan fingerprint density at radius 2 is 1.72 bits per heavy atom. The molecular formula is C22H25N3O6S. The normalized spacial score (nSPS) is 11.4. The highest BCUT2D eigenvalue weighted by Crippen LogP contribution is 2.17. The van der Waals surface area contributed by atoms with Crippen molar-refractivity contribution in [1.82, 2.24) is 15.5 Å². The molecule has 0 unspecified atom stereocenters. The molecule has 2 aromatic carbocycles. The van der Waals surface area contributed by atoms with Gasteiger partial charge in [0.05, 0.1) is 23.9 Å². The minimum atomic E-state index is -3.54. The van der Waals surface area contributed by atoms with E-state index in [-0.39, 0.29) is 41.4 Å². The quantitative estimate of drug-likeness (QED) is 0.491. The van der Waals surface area contributed by atoms with Crippen molar-refractivity contribution in [2.75, 3.05) is 12.9 Å². The molecule has 0 aliphatic carbocycles. The Hall–Kier alpha value is -3.40. The summed E-state index contributed by atoms with van der Waals surface area (Å²) in [5.41, 5.74) is 0.875. The Bertz CT molecular complexity index is 1140. The first-order valence-corrected chi connectivity index (χ1v) is 11.7. The molecule has 3 aromatic rings. The zero-order valence-electron chi connectivity index (χ0n) is 18.1. The van der Waals surface area contributed by atoms with Crippen LogP contribution in [0.5, 0.6) is 11.5 Å². The van der Waals surface area contributed by atoms with Crippen molar-refractivity contribution >= 4 is 15.7 Å². The third-order valence-corrected chi connectivity index (χ3v) is 6.16. The van der Waals surface area contributed by atoms with Gasteiger partial charge in [-0.2, -0.15) is 4.98 Å². The van der Waals surface area contributed by atoms with Gasteiger partial charge in [0.1, 0.15) is 11.5 Å². The van der Waals surface area contributed by atoms with Crippen LogP contribution in [0, 0.1) is 0 Å². The van der Waals surface area contributed by atoms with Crippen LogP contribution in [0.1, 0.15) is 35.9 Å². The number of carbonyl (C=O) groups excluding carboxylic acids is 1. The molecule has 0 bridgehead atoms. The number of sulfone groups is 1. The smallest absolute Gasteiger partial charge is 0.315 e. The van der Waals surface area contributed by atoms with Crippen LogP contribution < -0.4 is 14.8 Å². The van der Waals surface area contributed by atoms with E-state index in [1.807, 2.05) is 38.1 Å². The minimum Gasteiger partial charge on any atom is -0.497 e. The van der Waals surface area contributed by atoms with Gasteiger partial charge in [-0.1, -0.05) is 17.3 Å². The van der Waals surface area contributed by atoms with Gasteiger partial charge in [-0.25, -0.2) is 8.42 Å². The molecule has 3 rings (SSSR count). The molecule has 0 saturated carbocycles. The highest BCUT2D eigenvalue weighted by Gasteiger charge is 2.19. The summed E-state index contributed by atoms with van der Waals surface area (Å²) in [6.45, 7) is 4.16. The van der Waals surface area contributed by atoms with Gasteiger partial charge >= 0.3 is 11.8 Å². The van der Waals surface area contributed by atoms with Gasteiger partial charge in [-0.3, -0.25) is 4.79 Å². The zero-order chi connectivity index (χ0) is 23.1. The van der Waals surface area contributed by atoms with Crippen molar-refractivity contribution in [3.05, 3.63) is 65.8 Å². The number of benzene rings is 2. The number of rotatable bonds is 10. The number of methoxy groups -OCH3 is 1. The standard InChI is InChI=1S/C22H25N3O6S/c1-15(2)30-18-6-4-16(5-7-18)14-23-21(26)22-24-20(25-31-22)12-13-32(27,28)19-10-8-17(29-3)9-11-19/h4-11,15H,12-14H2,1-3H3,(H,23,26). The second-order valence-electron chi connectivity index (χ2n) is 7.25. The van der Waals surface area contributed by atoms with Crippen molar-refractivity contribution in [3.63, 3.8) is 0 Å². The van der Waals surface area contributed by atoms with Crippen molar-refractivity contribution in [2.45, 2.75) is 37.8 Å². The lowest BCUT2D eigenvalue weighted by Gasteiger charge is -2.10. The molecule has 0 spiro atoms. The lowest BCUT2D eigenvalue weighted by molar-refractivity contribution is 0.0907. The van der Waals surface area contributed by atoms with Gasteiger partial charge in [0.25, 0.3) is 0 Å². The predicted molar refractivity (Wildman–Crippen MR) is 116 cm³/mol. The van der Waals surface area contributed by atoms with E-state index >= 15 is 0 Å². The molecule has 0 atom stereocenters. The van der Waals surface area contributed by atoms with Gasteiger partial charge in [-0.05, 0) is 55.8 Å². The third kappa shape index (κ3) is 6.30. The molecular weight excluding hydrogens is 434 g/mol. The Morgan fingerprint density at radius 3 is 2.34 bits per heavy atom. The maximum atomic E-state index is 12.5. The van der Waals surface area contributed by atoms with Crippen molar-refractivity contribution in [1.29, 1.82) is 0 Å². The van der Waals surface area contributed by atoms with E-state index in [0.717, 1.165) is 11.3 Å². The highest BCUT2D eigenvalue weighted by atomic mass is 32.2. The number of ether oxygens (including phenoxy) is 2. The molecule has 1 N–H and O–H groups in total. The van der Waals surface area contributed by atoms with Crippen LogP contribution in [0.2, 0.25) is 0 Å². The number of hydrogen-bond donors (Lipinski definition) is 1. The van der Waals surface area contributed by atoms with Crippen molar-refractivity contribution < 1.29 is 27.2 Å². The van der Waals surface area contributed by atoms with E-state index in [4.69, 9.17) is 14.0 Å². The summed E-state index contributed by atoms with van der Waals surface area (Å²) in [5.74, 6) is 0.483. The number of nitrogens with one attached hydrogen (secondary N) is 1.